The molecule has 3 N–H and O–H groups in total. The van der Waals surface area contributed by atoms with Crippen LogP contribution in [0.4, 0.5) is 18.9 Å². The topological polar surface area (TPSA) is 141 Å². The Kier molecular flexibility index (Phi) is 9.68. The number of benzene rings is 3. The van der Waals surface area contributed by atoms with Gasteiger partial charge >= 0.3 is 6.18 Å². The van der Waals surface area contributed by atoms with Crippen LogP contribution in [0.2, 0.25) is 0 Å². The number of aliphatic hydroxyl groups is 1. The summed E-state index contributed by atoms with van der Waals surface area (Å²) in [6, 6.07) is 18.6. The largest absolute Gasteiger partial charge is 0.494 e. The van der Waals surface area contributed by atoms with Gasteiger partial charge in [-0.15, -0.1) is 0 Å². The Bertz CT molecular complexity index is 1470. The number of rotatable bonds is 12. The third kappa shape index (κ3) is 7.00. The lowest BCUT2D eigenvalue weighted by molar-refractivity contribution is -0.138. The first-order valence-electron chi connectivity index (χ1n) is 13.1. The molecule has 0 aliphatic carbocycles. The van der Waals surface area contributed by atoms with Gasteiger partial charge in [0.25, 0.3) is 5.91 Å². The number of ether oxygens (including phenoxy) is 2. The van der Waals surface area contributed by atoms with Crippen LogP contribution in [0.25, 0.3) is 10.4 Å². The molecule has 0 saturated carbocycles. The van der Waals surface area contributed by atoms with Gasteiger partial charge in [-0.1, -0.05) is 47.6 Å². The van der Waals surface area contributed by atoms with Gasteiger partial charge in [-0.3, -0.25) is 10.2 Å². The van der Waals surface area contributed by atoms with Crippen molar-refractivity contribution in [2.45, 2.75) is 44.1 Å². The highest BCUT2D eigenvalue weighted by Gasteiger charge is 2.50. The summed E-state index contributed by atoms with van der Waals surface area (Å²) >= 11 is 0. The van der Waals surface area contributed by atoms with E-state index in [1.54, 1.807) is 55.5 Å². The number of carbonyl (C=O) groups excluding carboxylic acids is 1. The van der Waals surface area contributed by atoms with E-state index in [0.29, 0.717) is 35.6 Å². The fraction of sp³-hybridized carbons (Fsp3) is 0.310. The Balaban J connectivity index is 1.62. The zero-order valence-electron chi connectivity index (χ0n) is 22.6. The van der Waals surface area contributed by atoms with Gasteiger partial charge in [0.1, 0.15) is 11.9 Å². The maximum atomic E-state index is 13.8. The standard InChI is InChI=1S/C29H29F3N6O4/c1-19-28(17-21-7-3-5-10-25(21)36-38-33,27(40)37-34-18-22-8-2-4-9-24(22)29(30,31)32)35-26(42-19)20-11-13-23(14-12-20)41-16-6-15-39/h2-5,7-14,19,34,39H,6,15-18H2,1H3,(H,37,40)/t19-,28-/m0/s1. The van der Waals surface area contributed by atoms with Crippen molar-refractivity contribution >= 4 is 17.5 Å². The van der Waals surface area contributed by atoms with Crippen LogP contribution in [-0.4, -0.2) is 41.8 Å². The predicted octanol–water partition coefficient (Wildman–Crippen LogP) is 5.38. The van der Waals surface area contributed by atoms with E-state index >= 15 is 0 Å². The molecule has 2 atom stereocenters. The first-order chi connectivity index (χ1) is 20.2. The maximum absolute atomic E-state index is 13.8. The zero-order valence-corrected chi connectivity index (χ0v) is 22.6. The molecule has 42 heavy (non-hydrogen) atoms. The highest BCUT2D eigenvalue weighted by atomic mass is 19.4. The summed E-state index contributed by atoms with van der Waals surface area (Å²) in [7, 11) is 0. The van der Waals surface area contributed by atoms with E-state index in [4.69, 9.17) is 25.1 Å². The van der Waals surface area contributed by atoms with Gasteiger partial charge in [0.05, 0.1) is 12.2 Å². The Hall–Kier alpha value is -4.58. The summed E-state index contributed by atoms with van der Waals surface area (Å²) in [4.78, 5) is 21.3. The van der Waals surface area contributed by atoms with Crippen LogP contribution in [0, 0.1) is 0 Å². The minimum Gasteiger partial charge on any atom is -0.494 e. The van der Waals surface area contributed by atoms with Crippen LogP contribution in [0.1, 0.15) is 35.6 Å². The SMILES string of the molecule is C[C@@H]1OC(c2ccc(OCCCO)cc2)=N[C@]1(Cc1ccccc1N=[N+]=[N-])C(=O)NNCc1ccccc1C(F)(F)F. The lowest BCUT2D eigenvalue weighted by Crippen LogP contribution is -2.55. The number of nitrogens with one attached hydrogen (secondary N) is 2. The molecule has 3 aromatic rings. The van der Waals surface area contributed by atoms with Crippen molar-refractivity contribution in [3.8, 4) is 5.75 Å². The third-order valence-corrected chi connectivity index (χ3v) is 6.74. The third-order valence-electron chi connectivity index (χ3n) is 6.74. The van der Waals surface area contributed by atoms with Crippen molar-refractivity contribution in [1.29, 1.82) is 0 Å². The van der Waals surface area contributed by atoms with E-state index in [-0.39, 0.29) is 31.0 Å². The first kappa shape index (κ1) is 30.4. The molecule has 0 aromatic heterocycles. The van der Waals surface area contributed by atoms with Crippen LogP contribution in [0.3, 0.4) is 0 Å². The smallest absolute Gasteiger partial charge is 0.416 e. The van der Waals surface area contributed by atoms with Crippen molar-refractivity contribution in [2.75, 3.05) is 13.2 Å². The molecule has 1 heterocycles. The molecule has 1 aliphatic heterocycles. The van der Waals surface area contributed by atoms with Gasteiger partial charge in [-0.25, -0.2) is 10.4 Å². The zero-order chi connectivity index (χ0) is 30.2. The van der Waals surface area contributed by atoms with Gasteiger partial charge in [0, 0.05) is 42.2 Å². The minimum absolute atomic E-state index is 0.0112. The summed E-state index contributed by atoms with van der Waals surface area (Å²) in [6.45, 7) is 1.73. The quantitative estimate of drug-likeness (QED) is 0.0865. The van der Waals surface area contributed by atoms with E-state index < -0.39 is 29.3 Å². The number of hydrazine groups is 1. The lowest BCUT2D eigenvalue weighted by Gasteiger charge is -2.29. The maximum Gasteiger partial charge on any atom is 0.416 e. The summed E-state index contributed by atoms with van der Waals surface area (Å²) in [5.41, 5.74) is 13.1. The Morgan fingerprint density at radius 1 is 1.12 bits per heavy atom. The van der Waals surface area contributed by atoms with Gasteiger partial charge < -0.3 is 14.6 Å². The fourth-order valence-corrected chi connectivity index (χ4v) is 4.52. The van der Waals surface area contributed by atoms with Crippen LogP contribution in [0.5, 0.6) is 5.75 Å². The van der Waals surface area contributed by atoms with Crippen molar-refractivity contribution in [2.24, 2.45) is 10.1 Å². The number of carbonyl (C=O) groups is 1. The predicted molar refractivity (Wildman–Crippen MR) is 149 cm³/mol. The average molecular weight is 583 g/mol. The van der Waals surface area contributed by atoms with Crippen molar-refractivity contribution in [3.05, 3.63) is 105 Å². The molecule has 0 unspecified atom stereocenters. The molecule has 0 radical (unpaired) electrons. The average Bonchev–Trinajstić information content (AvgIpc) is 3.31. The molecular weight excluding hydrogens is 553 g/mol. The molecular formula is C29H29F3N6O4. The van der Waals surface area contributed by atoms with Gasteiger partial charge in [0.2, 0.25) is 5.90 Å². The number of alkyl halides is 3. The number of amides is 1. The first-order valence-corrected chi connectivity index (χ1v) is 13.1. The Morgan fingerprint density at radius 2 is 1.81 bits per heavy atom. The Morgan fingerprint density at radius 3 is 2.50 bits per heavy atom. The number of halogens is 3. The molecule has 0 saturated heterocycles. The molecule has 13 heteroatoms. The summed E-state index contributed by atoms with van der Waals surface area (Å²) in [5.74, 6) is 0.118. The van der Waals surface area contributed by atoms with E-state index in [0.717, 1.165) is 6.07 Å². The molecule has 220 valence electrons. The van der Waals surface area contributed by atoms with Crippen molar-refractivity contribution in [3.63, 3.8) is 0 Å². The number of azide groups is 1. The molecule has 3 aromatic carbocycles. The highest BCUT2D eigenvalue weighted by Crippen LogP contribution is 2.35. The summed E-state index contributed by atoms with van der Waals surface area (Å²) < 4.78 is 51.9. The molecule has 0 bridgehead atoms. The summed E-state index contributed by atoms with van der Waals surface area (Å²) in [5, 5.41) is 12.7. The van der Waals surface area contributed by atoms with E-state index in [9.17, 15) is 18.0 Å². The molecule has 0 fully saturated rings. The van der Waals surface area contributed by atoms with E-state index in [1.165, 1.54) is 18.2 Å². The lowest BCUT2D eigenvalue weighted by atomic mass is 9.85. The molecule has 0 spiro atoms. The second kappa shape index (κ2) is 13.4. The molecule has 10 nitrogen and oxygen atoms in total. The van der Waals surface area contributed by atoms with Crippen molar-refractivity contribution in [1.82, 2.24) is 10.9 Å². The van der Waals surface area contributed by atoms with E-state index in [2.05, 4.69) is 20.9 Å². The second-order valence-corrected chi connectivity index (χ2v) is 9.51. The van der Waals surface area contributed by atoms with Gasteiger partial charge in [-0.05, 0) is 53.9 Å². The second-order valence-electron chi connectivity index (χ2n) is 9.51. The van der Waals surface area contributed by atoms with Crippen LogP contribution in [0.15, 0.2) is 82.9 Å². The van der Waals surface area contributed by atoms with Gasteiger partial charge in [0.15, 0.2) is 5.54 Å². The minimum atomic E-state index is -4.55. The van der Waals surface area contributed by atoms with Crippen molar-refractivity contribution < 1.29 is 32.5 Å². The monoisotopic (exact) mass is 582 g/mol. The summed E-state index contributed by atoms with van der Waals surface area (Å²) in [6.07, 6.45) is -4.90. The van der Waals surface area contributed by atoms with Crippen LogP contribution < -0.4 is 15.6 Å². The van der Waals surface area contributed by atoms with Crippen LogP contribution >= 0.6 is 0 Å². The highest BCUT2D eigenvalue weighted by molar-refractivity contribution is 6.00. The molecule has 1 aliphatic rings. The number of aliphatic imine (C=N–C) groups is 1. The van der Waals surface area contributed by atoms with Gasteiger partial charge in [-0.2, -0.15) is 13.2 Å². The van der Waals surface area contributed by atoms with E-state index in [1.807, 2.05) is 0 Å². The number of hydrogen-bond donors (Lipinski definition) is 3. The van der Waals surface area contributed by atoms with Crippen LogP contribution in [-0.2, 0) is 28.7 Å². The molecule has 4 rings (SSSR count). The number of aliphatic hydroxyl groups excluding tert-OH is 1. The number of hydrogen-bond acceptors (Lipinski definition) is 7. The fourth-order valence-electron chi connectivity index (χ4n) is 4.52. The normalized spacial score (nSPS) is 18.0. The Labute approximate surface area is 239 Å². The number of nitrogens with zero attached hydrogens (tertiary/aromatic N) is 4. The molecule has 1 amide bonds.